The minimum absolute atomic E-state index is 0.137. The predicted molar refractivity (Wildman–Crippen MR) is 67.8 cm³/mol. The highest BCUT2D eigenvalue weighted by Crippen LogP contribution is 2.37. The highest BCUT2D eigenvalue weighted by atomic mass is 15.3. The van der Waals surface area contributed by atoms with Crippen LogP contribution >= 0.6 is 0 Å². The number of aromatic nitrogens is 5. The van der Waals surface area contributed by atoms with Gasteiger partial charge in [-0.25, -0.2) is 4.98 Å². The summed E-state index contributed by atoms with van der Waals surface area (Å²) in [5.74, 6) is 1.69. The van der Waals surface area contributed by atoms with Crippen LogP contribution in [-0.2, 0) is 0 Å². The first kappa shape index (κ1) is 10.9. The first-order valence-electron chi connectivity index (χ1n) is 5.89. The molecular weight excluding hydrogens is 230 g/mol. The lowest BCUT2D eigenvalue weighted by Crippen LogP contribution is -2.19. The second-order valence-electron chi connectivity index (χ2n) is 4.69. The van der Waals surface area contributed by atoms with Crippen LogP contribution in [0.1, 0.15) is 19.8 Å². The molecule has 1 aliphatic carbocycles. The molecule has 0 atom stereocenters. The van der Waals surface area contributed by atoms with Crippen LogP contribution in [0.5, 0.6) is 0 Å². The molecule has 1 saturated carbocycles. The van der Waals surface area contributed by atoms with Gasteiger partial charge < -0.3 is 10.6 Å². The number of rotatable bonds is 4. The normalized spacial score (nSPS) is 16.3. The molecule has 7 nitrogen and oxygen atoms in total. The number of nitrogens with zero attached hydrogens (tertiary/aromatic N) is 5. The lowest BCUT2D eigenvalue weighted by molar-refractivity contribution is 0.797. The fourth-order valence-electron chi connectivity index (χ4n) is 1.61. The molecule has 1 aliphatic rings. The van der Waals surface area contributed by atoms with Crippen LogP contribution in [0.25, 0.3) is 5.95 Å². The van der Waals surface area contributed by atoms with E-state index in [1.807, 2.05) is 0 Å². The van der Waals surface area contributed by atoms with Gasteiger partial charge in [0.05, 0.1) is 0 Å². The Morgan fingerprint density at radius 3 is 2.61 bits per heavy atom. The maximum atomic E-state index is 4.40. The molecule has 1 fully saturated rings. The van der Waals surface area contributed by atoms with Crippen LogP contribution in [-0.4, -0.2) is 37.1 Å². The number of imidazole rings is 1. The van der Waals surface area contributed by atoms with Crippen LogP contribution in [0.4, 0.5) is 11.9 Å². The van der Waals surface area contributed by atoms with Gasteiger partial charge in [-0.3, -0.25) is 4.57 Å². The van der Waals surface area contributed by atoms with E-state index >= 15 is 0 Å². The van der Waals surface area contributed by atoms with Gasteiger partial charge in [0.15, 0.2) is 0 Å². The zero-order valence-corrected chi connectivity index (χ0v) is 10.4. The maximum Gasteiger partial charge on any atom is 0.241 e. The first-order valence-corrected chi connectivity index (χ1v) is 5.89. The summed E-state index contributed by atoms with van der Waals surface area (Å²) >= 11 is 0. The van der Waals surface area contributed by atoms with Gasteiger partial charge in [0, 0.05) is 25.0 Å². The molecule has 2 aromatic heterocycles. The van der Waals surface area contributed by atoms with Gasteiger partial charge in [-0.1, -0.05) is 0 Å². The maximum absolute atomic E-state index is 4.40. The summed E-state index contributed by atoms with van der Waals surface area (Å²) in [6.07, 6.45) is 7.45. The Morgan fingerprint density at radius 2 is 2.00 bits per heavy atom. The summed E-state index contributed by atoms with van der Waals surface area (Å²) in [5.41, 5.74) is 0.137. The molecule has 18 heavy (non-hydrogen) atoms. The molecular formula is C11H15N7. The largest absolute Gasteiger partial charge is 0.357 e. The van der Waals surface area contributed by atoms with E-state index in [-0.39, 0.29) is 5.54 Å². The summed E-state index contributed by atoms with van der Waals surface area (Å²) < 4.78 is 1.75. The minimum Gasteiger partial charge on any atom is -0.357 e. The van der Waals surface area contributed by atoms with Gasteiger partial charge in [0.1, 0.15) is 6.33 Å². The Bertz CT molecular complexity index is 545. The zero-order chi connectivity index (χ0) is 12.6. The lowest BCUT2D eigenvalue weighted by atomic mass is 10.3. The van der Waals surface area contributed by atoms with Crippen molar-refractivity contribution < 1.29 is 0 Å². The van der Waals surface area contributed by atoms with E-state index in [1.165, 1.54) is 0 Å². The molecule has 0 saturated heterocycles. The third-order valence-corrected chi connectivity index (χ3v) is 3.00. The van der Waals surface area contributed by atoms with Crippen molar-refractivity contribution in [3.8, 4) is 5.95 Å². The summed E-state index contributed by atoms with van der Waals surface area (Å²) in [6, 6.07) is 0. The highest BCUT2D eigenvalue weighted by Gasteiger charge is 2.38. The molecule has 0 aliphatic heterocycles. The SMILES string of the molecule is CNc1nc(NC2(C)CC2)nc(-n2ccnc2)n1. The Balaban J connectivity index is 1.96. The van der Waals surface area contributed by atoms with E-state index in [0.717, 1.165) is 12.8 Å². The van der Waals surface area contributed by atoms with Gasteiger partial charge in [0.25, 0.3) is 0 Å². The average Bonchev–Trinajstić information content (AvgIpc) is 2.89. The van der Waals surface area contributed by atoms with Gasteiger partial charge in [0.2, 0.25) is 17.8 Å². The smallest absolute Gasteiger partial charge is 0.241 e. The van der Waals surface area contributed by atoms with Crippen molar-refractivity contribution >= 4 is 11.9 Å². The molecule has 2 aromatic rings. The molecule has 7 heteroatoms. The Labute approximate surface area is 105 Å². The Morgan fingerprint density at radius 1 is 1.22 bits per heavy atom. The monoisotopic (exact) mass is 245 g/mol. The molecule has 2 heterocycles. The summed E-state index contributed by atoms with van der Waals surface area (Å²) in [4.78, 5) is 17.0. The third-order valence-electron chi connectivity index (χ3n) is 3.00. The fraction of sp³-hybridized carbons (Fsp3) is 0.455. The summed E-state index contributed by atoms with van der Waals surface area (Å²) in [7, 11) is 1.79. The predicted octanol–water partition coefficient (Wildman–Crippen LogP) is 1.06. The molecule has 0 bridgehead atoms. The number of hydrogen-bond donors (Lipinski definition) is 2. The van der Waals surface area contributed by atoms with Gasteiger partial charge in [-0.05, 0) is 19.8 Å². The number of hydrogen-bond acceptors (Lipinski definition) is 6. The zero-order valence-electron chi connectivity index (χ0n) is 10.4. The van der Waals surface area contributed by atoms with Crippen molar-refractivity contribution in [3.05, 3.63) is 18.7 Å². The van der Waals surface area contributed by atoms with Crippen LogP contribution in [0.2, 0.25) is 0 Å². The molecule has 94 valence electrons. The molecule has 0 radical (unpaired) electrons. The minimum atomic E-state index is 0.137. The Hall–Kier alpha value is -2.18. The molecule has 0 spiro atoms. The third kappa shape index (κ3) is 2.11. The quantitative estimate of drug-likeness (QED) is 0.838. The summed E-state index contributed by atoms with van der Waals surface area (Å²) in [6.45, 7) is 2.16. The van der Waals surface area contributed by atoms with Crippen LogP contribution in [0.3, 0.4) is 0 Å². The van der Waals surface area contributed by atoms with E-state index < -0.39 is 0 Å². The first-order chi connectivity index (χ1) is 8.68. The molecule has 2 N–H and O–H groups in total. The van der Waals surface area contributed by atoms with E-state index in [0.29, 0.717) is 17.8 Å². The molecule has 0 aromatic carbocycles. The van der Waals surface area contributed by atoms with E-state index in [4.69, 9.17) is 0 Å². The van der Waals surface area contributed by atoms with Gasteiger partial charge >= 0.3 is 0 Å². The lowest BCUT2D eigenvalue weighted by Gasteiger charge is -2.13. The van der Waals surface area contributed by atoms with Crippen LogP contribution in [0.15, 0.2) is 18.7 Å². The number of anilines is 2. The standard InChI is InChI=1S/C11H15N7/c1-11(3-4-11)17-9-14-8(12-2)15-10(16-9)18-6-5-13-7-18/h5-7H,3-4H2,1-2H3,(H2,12,14,15,16,17). The topological polar surface area (TPSA) is 80.5 Å². The van der Waals surface area contributed by atoms with E-state index in [2.05, 4.69) is 37.5 Å². The average molecular weight is 245 g/mol. The van der Waals surface area contributed by atoms with E-state index in [1.54, 1.807) is 30.3 Å². The second-order valence-corrected chi connectivity index (χ2v) is 4.69. The van der Waals surface area contributed by atoms with Crippen LogP contribution in [0, 0.1) is 0 Å². The van der Waals surface area contributed by atoms with Crippen molar-refractivity contribution in [2.75, 3.05) is 17.7 Å². The number of nitrogens with one attached hydrogen (secondary N) is 2. The van der Waals surface area contributed by atoms with Crippen molar-refractivity contribution in [2.24, 2.45) is 0 Å². The van der Waals surface area contributed by atoms with Crippen molar-refractivity contribution in [2.45, 2.75) is 25.3 Å². The highest BCUT2D eigenvalue weighted by molar-refractivity contribution is 5.40. The van der Waals surface area contributed by atoms with Crippen LogP contribution < -0.4 is 10.6 Å². The summed E-state index contributed by atoms with van der Waals surface area (Å²) in [5, 5.41) is 6.27. The van der Waals surface area contributed by atoms with E-state index in [9.17, 15) is 0 Å². The fourth-order valence-corrected chi connectivity index (χ4v) is 1.61. The molecule has 3 rings (SSSR count). The van der Waals surface area contributed by atoms with Gasteiger partial charge in [-0.15, -0.1) is 0 Å². The van der Waals surface area contributed by atoms with Gasteiger partial charge in [-0.2, -0.15) is 15.0 Å². The molecule has 0 unspecified atom stereocenters. The van der Waals surface area contributed by atoms with Crippen molar-refractivity contribution in [1.82, 2.24) is 24.5 Å². The van der Waals surface area contributed by atoms with Crippen molar-refractivity contribution in [3.63, 3.8) is 0 Å². The van der Waals surface area contributed by atoms with Crippen molar-refractivity contribution in [1.29, 1.82) is 0 Å². The molecule has 0 amide bonds. The Kier molecular flexibility index (Phi) is 2.39. The second kappa shape index (κ2) is 3.94.